The number of methoxy groups -OCH3 is 1. The Labute approximate surface area is 109 Å². The van der Waals surface area contributed by atoms with Gasteiger partial charge in [-0.05, 0) is 19.4 Å². The lowest BCUT2D eigenvalue weighted by Crippen LogP contribution is -2.31. The van der Waals surface area contributed by atoms with Gasteiger partial charge in [-0.3, -0.25) is 4.68 Å². The maximum atomic E-state index is 9.96. The summed E-state index contributed by atoms with van der Waals surface area (Å²) in [5, 5.41) is 17.6. The van der Waals surface area contributed by atoms with Crippen LogP contribution < -0.4 is 5.32 Å². The van der Waals surface area contributed by atoms with E-state index in [-0.39, 0.29) is 6.10 Å². The van der Waals surface area contributed by atoms with Crippen LogP contribution in [0.3, 0.4) is 0 Å². The Hall–Kier alpha value is -0.910. The van der Waals surface area contributed by atoms with Crippen molar-refractivity contribution in [1.82, 2.24) is 15.1 Å². The standard InChI is InChI=1S/C13H25N3O2/c1-4-11-8-12(16(5-2)15-11)9-13(17)10-14-6-7-18-3/h8,13-14,17H,4-7,9-10H2,1-3H3. The predicted molar refractivity (Wildman–Crippen MR) is 71.7 cm³/mol. The van der Waals surface area contributed by atoms with E-state index in [4.69, 9.17) is 4.74 Å². The molecule has 104 valence electrons. The first-order chi connectivity index (χ1) is 8.71. The second-order valence-electron chi connectivity index (χ2n) is 4.35. The van der Waals surface area contributed by atoms with Crippen molar-refractivity contribution < 1.29 is 9.84 Å². The second-order valence-corrected chi connectivity index (χ2v) is 4.35. The molecule has 0 bridgehead atoms. The van der Waals surface area contributed by atoms with E-state index >= 15 is 0 Å². The van der Waals surface area contributed by atoms with Gasteiger partial charge in [0.2, 0.25) is 0 Å². The monoisotopic (exact) mass is 255 g/mol. The van der Waals surface area contributed by atoms with Gasteiger partial charge in [0.1, 0.15) is 0 Å². The van der Waals surface area contributed by atoms with Crippen molar-refractivity contribution in [1.29, 1.82) is 0 Å². The SMILES string of the molecule is CCc1cc(CC(O)CNCCOC)n(CC)n1. The molecule has 0 saturated heterocycles. The van der Waals surface area contributed by atoms with Crippen molar-refractivity contribution in [2.24, 2.45) is 0 Å². The van der Waals surface area contributed by atoms with Crippen LogP contribution in [0.25, 0.3) is 0 Å². The molecule has 18 heavy (non-hydrogen) atoms. The maximum absolute atomic E-state index is 9.96. The van der Waals surface area contributed by atoms with E-state index in [2.05, 4.69) is 30.3 Å². The molecule has 0 amide bonds. The van der Waals surface area contributed by atoms with Gasteiger partial charge in [0.05, 0.1) is 18.4 Å². The number of rotatable bonds is 9. The Balaban J connectivity index is 2.42. The van der Waals surface area contributed by atoms with Gasteiger partial charge >= 0.3 is 0 Å². The number of aryl methyl sites for hydroxylation is 2. The average molecular weight is 255 g/mol. The molecular weight excluding hydrogens is 230 g/mol. The lowest BCUT2D eigenvalue weighted by Gasteiger charge is -2.12. The highest BCUT2D eigenvalue weighted by Gasteiger charge is 2.11. The molecule has 0 spiro atoms. The molecule has 1 heterocycles. The lowest BCUT2D eigenvalue weighted by atomic mass is 10.1. The largest absolute Gasteiger partial charge is 0.391 e. The van der Waals surface area contributed by atoms with Gasteiger partial charge in [-0.2, -0.15) is 5.10 Å². The normalized spacial score (nSPS) is 12.9. The summed E-state index contributed by atoms with van der Waals surface area (Å²) >= 11 is 0. The Kier molecular flexibility index (Phi) is 6.93. The van der Waals surface area contributed by atoms with E-state index in [0.29, 0.717) is 19.6 Å². The van der Waals surface area contributed by atoms with Crippen molar-refractivity contribution in [2.75, 3.05) is 26.8 Å². The van der Waals surface area contributed by atoms with Crippen LogP contribution in [0.4, 0.5) is 0 Å². The summed E-state index contributed by atoms with van der Waals surface area (Å²) in [4.78, 5) is 0. The minimum atomic E-state index is -0.381. The maximum Gasteiger partial charge on any atom is 0.0719 e. The second kappa shape index (κ2) is 8.24. The van der Waals surface area contributed by atoms with Gasteiger partial charge in [0.25, 0.3) is 0 Å². The minimum Gasteiger partial charge on any atom is -0.391 e. The zero-order valence-electron chi connectivity index (χ0n) is 11.6. The van der Waals surface area contributed by atoms with E-state index in [1.54, 1.807) is 7.11 Å². The first-order valence-electron chi connectivity index (χ1n) is 6.64. The third-order valence-electron chi connectivity index (χ3n) is 2.88. The highest BCUT2D eigenvalue weighted by atomic mass is 16.5. The zero-order chi connectivity index (χ0) is 13.4. The molecule has 1 aromatic heterocycles. The molecule has 0 fully saturated rings. The van der Waals surface area contributed by atoms with Gasteiger partial charge in [0.15, 0.2) is 0 Å². The summed E-state index contributed by atoms with van der Waals surface area (Å²) in [5.74, 6) is 0. The van der Waals surface area contributed by atoms with Gasteiger partial charge in [-0.25, -0.2) is 0 Å². The Morgan fingerprint density at radius 3 is 2.89 bits per heavy atom. The highest BCUT2D eigenvalue weighted by molar-refractivity contribution is 5.11. The summed E-state index contributed by atoms with van der Waals surface area (Å²) < 4.78 is 6.91. The van der Waals surface area contributed by atoms with Crippen molar-refractivity contribution >= 4 is 0 Å². The van der Waals surface area contributed by atoms with Gasteiger partial charge in [-0.15, -0.1) is 0 Å². The summed E-state index contributed by atoms with van der Waals surface area (Å²) in [6, 6.07) is 2.09. The van der Waals surface area contributed by atoms with E-state index in [1.807, 2.05) is 4.68 Å². The molecule has 2 N–H and O–H groups in total. The van der Waals surface area contributed by atoms with Crippen LogP contribution in [0.15, 0.2) is 6.07 Å². The molecule has 1 aromatic rings. The number of aliphatic hydroxyl groups is 1. The van der Waals surface area contributed by atoms with E-state index in [1.165, 1.54) is 0 Å². The van der Waals surface area contributed by atoms with Crippen LogP contribution in [-0.2, 0) is 24.1 Å². The zero-order valence-corrected chi connectivity index (χ0v) is 11.6. The first-order valence-corrected chi connectivity index (χ1v) is 6.64. The lowest BCUT2D eigenvalue weighted by molar-refractivity contribution is 0.158. The molecule has 0 aliphatic carbocycles. The Morgan fingerprint density at radius 2 is 2.28 bits per heavy atom. The van der Waals surface area contributed by atoms with Crippen LogP contribution >= 0.6 is 0 Å². The number of aromatic nitrogens is 2. The molecule has 0 aromatic carbocycles. The van der Waals surface area contributed by atoms with Crippen LogP contribution in [0.1, 0.15) is 25.2 Å². The van der Waals surface area contributed by atoms with Crippen molar-refractivity contribution in [2.45, 2.75) is 39.3 Å². The molecule has 0 radical (unpaired) electrons. The topological polar surface area (TPSA) is 59.3 Å². The van der Waals surface area contributed by atoms with Crippen LogP contribution in [0, 0.1) is 0 Å². The van der Waals surface area contributed by atoms with E-state index < -0.39 is 0 Å². The van der Waals surface area contributed by atoms with Crippen LogP contribution in [0.2, 0.25) is 0 Å². The number of aliphatic hydroxyl groups excluding tert-OH is 1. The fourth-order valence-corrected chi connectivity index (χ4v) is 1.88. The predicted octanol–water partition coefficient (Wildman–Crippen LogP) is 0.605. The molecule has 0 saturated carbocycles. The van der Waals surface area contributed by atoms with Crippen molar-refractivity contribution in [3.05, 3.63) is 17.5 Å². The molecule has 1 atom stereocenters. The molecule has 0 aliphatic heterocycles. The number of hydrogen-bond acceptors (Lipinski definition) is 4. The minimum absolute atomic E-state index is 0.381. The van der Waals surface area contributed by atoms with Gasteiger partial charge < -0.3 is 15.2 Å². The van der Waals surface area contributed by atoms with Crippen LogP contribution in [-0.4, -0.2) is 47.8 Å². The van der Waals surface area contributed by atoms with Crippen molar-refractivity contribution in [3.8, 4) is 0 Å². The fraction of sp³-hybridized carbons (Fsp3) is 0.769. The average Bonchev–Trinajstić information content (AvgIpc) is 2.77. The van der Waals surface area contributed by atoms with Crippen molar-refractivity contribution in [3.63, 3.8) is 0 Å². The molecule has 5 nitrogen and oxygen atoms in total. The number of nitrogens with zero attached hydrogens (tertiary/aromatic N) is 2. The molecule has 5 heteroatoms. The molecule has 0 aliphatic rings. The molecular formula is C13H25N3O2. The first kappa shape index (κ1) is 15.1. The number of hydrogen-bond donors (Lipinski definition) is 2. The number of nitrogens with one attached hydrogen (secondary N) is 1. The summed E-state index contributed by atoms with van der Waals surface area (Å²) in [6.07, 6.45) is 1.19. The van der Waals surface area contributed by atoms with E-state index in [9.17, 15) is 5.11 Å². The smallest absolute Gasteiger partial charge is 0.0719 e. The highest BCUT2D eigenvalue weighted by Crippen LogP contribution is 2.08. The van der Waals surface area contributed by atoms with Crippen LogP contribution in [0.5, 0.6) is 0 Å². The Morgan fingerprint density at radius 1 is 1.50 bits per heavy atom. The number of ether oxygens (including phenoxy) is 1. The quantitative estimate of drug-likeness (QED) is 0.635. The van der Waals surface area contributed by atoms with Gasteiger partial charge in [-0.1, -0.05) is 6.92 Å². The summed E-state index contributed by atoms with van der Waals surface area (Å²) in [5.41, 5.74) is 2.20. The Bertz CT molecular complexity index is 339. The molecule has 1 rings (SSSR count). The molecule has 1 unspecified atom stereocenters. The summed E-state index contributed by atoms with van der Waals surface area (Å²) in [6.45, 7) is 7.02. The third-order valence-corrected chi connectivity index (χ3v) is 2.88. The van der Waals surface area contributed by atoms with Gasteiger partial charge in [0, 0.05) is 38.9 Å². The third kappa shape index (κ3) is 4.76. The summed E-state index contributed by atoms with van der Waals surface area (Å²) in [7, 11) is 1.67. The van der Waals surface area contributed by atoms with E-state index in [0.717, 1.165) is 30.9 Å². The fourth-order valence-electron chi connectivity index (χ4n) is 1.88.